The molecule has 0 fully saturated rings. The van der Waals surface area contributed by atoms with Crippen molar-refractivity contribution in [2.24, 2.45) is 0 Å². The number of allylic oxidation sites excluding steroid dienone is 1. The molecule has 0 saturated carbocycles. The predicted molar refractivity (Wildman–Crippen MR) is 96.0 cm³/mol. The number of halogens is 5. The Hall–Kier alpha value is -3.09. The van der Waals surface area contributed by atoms with E-state index >= 15 is 0 Å². The summed E-state index contributed by atoms with van der Waals surface area (Å²) < 4.78 is 65.9. The van der Waals surface area contributed by atoms with Crippen LogP contribution in [-0.2, 0) is 12.8 Å². The maximum atomic E-state index is 13.6. The first-order chi connectivity index (χ1) is 13.3. The van der Waals surface area contributed by atoms with Gasteiger partial charge in [-0.3, -0.25) is 0 Å². The van der Waals surface area contributed by atoms with Gasteiger partial charge in [-0.1, -0.05) is 24.3 Å². The molecule has 0 amide bonds. The smallest absolute Gasteiger partial charge is 0.194 e. The van der Waals surface area contributed by atoms with Crippen molar-refractivity contribution in [1.82, 2.24) is 9.97 Å². The first-order valence-corrected chi connectivity index (χ1v) is 8.42. The summed E-state index contributed by atoms with van der Waals surface area (Å²) in [6.45, 7) is 1.05. The van der Waals surface area contributed by atoms with Crippen molar-refractivity contribution in [2.75, 3.05) is 0 Å². The summed E-state index contributed by atoms with van der Waals surface area (Å²) in [5.41, 5.74) is 1.84. The standard InChI is InChI=1S/C21H15F5N2/c1-12(22)20(25)15-5-3-14(4-6-15)16-10-27-19(28-11-16)7-2-13-8-17(23)21(26)18(24)9-13/h3-6,8-11H,2,7H2,1H3. The van der Waals surface area contributed by atoms with Gasteiger partial charge in [-0.05, 0) is 36.6 Å². The summed E-state index contributed by atoms with van der Waals surface area (Å²) in [6.07, 6.45) is 3.69. The summed E-state index contributed by atoms with van der Waals surface area (Å²) in [6, 6.07) is 8.06. The molecule has 0 unspecified atom stereocenters. The molecule has 0 atom stereocenters. The van der Waals surface area contributed by atoms with Crippen LogP contribution < -0.4 is 0 Å². The normalized spacial score (nSPS) is 12.1. The van der Waals surface area contributed by atoms with Crippen molar-refractivity contribution in [3.63, 3.8) is 0 Å². The van der Waals surface area contributed by atoms with Gasteiger partial charge in [-0.25, -0.2) is 31.9 Å². The third-order valence-electron chi connectivity index (χ3n) is 4.16. The minimum atomic E-state index is -1.49. The number of aromatic nitrogens is 2. The van der Waals surface area contributed by atoms with Crippen LogP contribution in [0.1, 0.15) is 23.9 Å². The van der Waals surface area contributed by atoms with Gasteiger partial charge in [0.05, 0.1) is 0 Å². The number of nitrogens with zero attached hydrogens (tertiary/aromatic N) is 2. The molecule has 0 aliphatic rings. The molecule has 28 heavy (non-hydrogen) atoms. The summed E-state index contributed by atoms with van der Waals surface area (Å²) in [4.78, 5) is 8.40. The highest BCUT2D eigenvalue weighted by Gasteiger charge is 2.11. The van der Waals surface area contributed by atoms with E-state index in [0.717, 1.165) is 24.6 Å². The molecular weight excluding hydrogens is 375 g/mol. The number of hydrogen-bond acceptors (Lipinski definition) is 2. The minimum Gasteiger partial charge on any atom is -0.241 e. The quantitative estimate of drug-likeness (QED) is 0.396. The highest BCUT2D eigenvalue weighted by Crippen LogP contribution is 2.25. The Kier molecular flexibility index (Phi) is 5.82. The van der Waals surface area contributed by atoms with Crippen molar-refractivity contribution >= 4 is 5.83 Å². The van der Waals surface area contributed by atoms with E-state index in [0.29, 0.717) is 23.4 Å². The van der Waals surface area contributed by atoms with Crippen molar-refractivity contribution < 1.29 is 22.0 Å². The Labute approximate surface area is 158 Å². The molecule has 0 saturated heterocycles. The molecule has 0 N–H and O–H groups in total. The lowest BCUT2D eigenvalue weighted by molar-refractivity contribution is 0.445. The first kappa shape index (κ1) is 19.7. The lowest BCUT2D eigenvalue weighted by Gasteiger charge is -2.06. The monoisotopic (exact) mass is 390 g/mol. The lowest BCUT2D eigenvalue weighted by atomic mass is 10.1. The Morgan fingerprint density at radius 3 is 1.93 bits per heavy atom. The fraction of sp³-hybridized carbons (Fsp3) is 0.143. The van der Waals surface area contributed by atoms with E-state index in [1.807, 2.05) is 0 Å². The molecule has 1 aromatic heterocycles. The van der Waals surface area contributed by atoms with Gasteiger partial charge >= 0.3 is 0 Å². The van der Waals surface area contributed by atoms with E-state index in [9.17, 15) is 22.0 Å². The fourth-order valence-corrected chi connectivity index (χ4v) is 2.65. The van der Waals surface area contributed by atoms with Gasteiger partial charge < -0.3 is 0 Å². The zero-order valence-electron chi connectivity index (χ0n) is 14.8. The van der Waals surface area contributed by atoms with E-state index in [1.54, 1.807) is 24.5 Å². The van der Waals surface area contributed by atoms with Crippen molar-refractivity contribution in [2.45, 2.75) is 19.8 Å². The number of hydrogen-bond donors (Lipinski definition) is 0. The second-order valence-corrected chi connectivity index (χ2v) is 6.19. The Morgan fingerprint density at radius 2 is 1.39 bits per heavy atom. The second kappa shape index (κ2) is 8.29. The van der Waals surface area contributed by atoms with Crippen LogP contribution in [0.5, 0.6) is 0 Å². The maximum absolute atomic E-state index is 13.6. The molecule has 0 aliphatic heterocycles. The fourth-order valence-electron chi connectivity index (χ4n) is 2.65. The van der Waals surface area contributed by atoms with Crippen LogP contribution in [-0.4, -0.2) is 9.97 Å². The molecule has 3 aromatic rings. The van der Waals surface area contributed by atoms with Crippen molar-refractivity contribution in [3.8, 4) is 11.1 Å². The maximum Gasteiger partial charge on any atom is 0.194 e. The third kappa shape index (κ3) is 4.42. The molecular formula is C21H15F5N2. The second-order valence-electron chi connectivity index (χ2n) is 6.19. The van der Waals surface area contributed by atoms with Gasteiger partial charge in [0.25, 0.3) is 0 Å². The van der Waals surface area contributed by atoms with Crippen LogP contribution in [0.25, 0.3) is 17.0 Å². The Bertz CT molecular complexity index is 985. The zero-order valence-corrected chi connectivity index (χ0v) is 14.8. The van der Waals surface area contributed by atoms with Crippen LogP contribution in [0.15, 0.2) is 54.6 Å². The summed E-state index contributed by atoms with van der Waals surface area (Å²) in [5.74, 6) is -5.30. The van der Waals surface area contributed by atoms with Crippen LogP contribution in [0, 0.1) is 17.5 Å². The number of aryl methyl sites for hydroxylation is 2. The molecule has 2 nitrogen and oxygen atoms in total. The van der Waals surface area contributed by atoms with E-state index in [1.165, 1.54) is 12.1 Å². The minimum absolute atomic E-state index is 0.139. The largest absolute Gasteiger partial charge is 0.241 e. The molecule has 0 aliphatic carbocycles. The van der Waals surface area contributed by atoms with Crippen LogP contribution >= 0.6 is 0 Å². The van der Waals surface area contributed by atoms with Gasteiger partial charge in [0.15, 0.2) is 23.3 Å². The van der Waals surface area contributed by atoms with Crippen LogP contribution in [0.3, 0.4) is 0 Å². The van der Waals surface area contributed by atoms with E-state index in [4.69, 9.17) is 0 Å². The zero-order chi connectivity index (χ0) is 20.3. The molecule has 1 heterocycles. The molecule has 3 rings (SSSR count). The van der Waals surface area contributed by atoms with E-state index in [-0.39, 0.29) is 12.0 Å². The van der Waals surface area contributed by atoms with Crippen molar-refractivity contribution in [1.29, 1.82) is 0 Å². The van der Waals surface area contributed by atoms with E-state index < -0.39 is 29.1 Å². The summed E-state index contributed by atoms with van der Waals surface area (Å²) >= 11 is 0. The highest BCUT2D eigenvalue weighted by atomic mass is 19.2. The molecule has 2 aromatic carbocycles. The van der Waals surface area contributed by atoms with Gasteiger partial charge in [0, 0.05) is 29.9 Å². The first-order valence-electron chi connectivity index (χ1n) is 8.42. The van der Waals surface area contributed by atoms with Gasteiger partial charge in [-0.2, -0.15) is 0 Å². The van der Waals surface area contributed by atoms with E-state index in [2.05, 4.69) is 9.97 Å². The third-order valence-corrected chi connectivity index (χ3v) is 4.16. The van der Waals surface area contributed by atoms with Gasteiger partial charge in [-0.15, -0.1) is 0 Å². The molecule has 0 spiro atoms. The molecule has 144 valence electrons. The molecule has 0 radical (unpaired) electrons. The SMILES string of the molecule is CC(F)=C(F)c1ccc(-c2cnc(CCc3cc(F)c(F)c(F)c3)nc2)cc1. The average molecular weight is 390 g/mol. The highest BCUT2D eigenvalue weighted by molar-refractivity contribution is 5.67. The predicted octanol–water partition coefficient (Wildman–Crippen LogP) is 5.97. The Balaban J connectivity index is 1.69. The Morgan fingerprint density at radius 1 is 0.821 bits per heavy atom. The number of benzene rings is 2. The van der Waals surface area contributed by atoms with Crippen LogP contribution in [0.4, 0.5) is 22.0 Å². The van der Waals surface area contributed by atoms with Gasteiger partial charge in [0.2, 0.25) is 0 Å². The molecule has 7 heteroatoms. The lowest BCUT2D eigenvalue weighted by Crippen LogP contribution is -2.00. The van der Waals surface area contributed by atoms with Crippen LogP contribution in [0.2, 0.25) is 0 Å². The van der Waals surface area contributed by atoms with Gasteiger partial charge in [0.1, 0.15) is 11.7 Å². The summed E-state index contributed by atoms with van der Waals surface area (Å²) in [7, 11) is 0. The average Bonchev–Trinajstić information content (AvgIpc) is 2.70. The number of rotatable bonds is 5. The molecule has 0 bridgehead atoms. The topological polar surface area (TPSA) is 25.8 Å². The summed E-state index contributed by atoms with van der Waals surface area (Å²) in [5, 5.41) is 0. The van der Waals surface area contributed by atoms with Crippen molar-refractivity contribution in [3.05, 3.63) is 89.0 Å².